The molecule has 2 amide bonds. The fourth-order valence-electron chi connectivity index (χ4n) is 2.45. The van der Waals surface area contributed by atoms with Crippen molar-refractivity contribution in [1.29, 1.82) is 0 Å². The predicted octanol–water partition coefficient (Wildman–Crippen LogP) is 1.10. The number of carbonyl (C=O) groups excluding carboxylic acids is 1. The van der Waals surface area contributed by atoms with Gasteiger partial charge in [-0.3, -0.25) is 0 Å². The van der Waals surface area contributed by atoms with Gasteiger partial charge in [0.25, 0.3) is 0 Å². The molecule has 2 unspecified atom stereocenters. The van der Waals surface area contributed by atoms with Crippen LogP contribution >= 0.6 is 0 Å². The van der Waals surface area contributed by atoms with E-state index in [-0.39, 0.29) is 18.2 Å². The van der Waals surface area contributed by atoms with Gasteiger partial charge in [-0.25, -0.2) is 4.79 Å². The lowest BCUT2D eigenvalue weighted by molar-refractivity contribution is 0.0908. The lowest BCUT2D eigenvalue weighted by Gasteiger charge is -2.30. The van der Waals surface area contributed by atoms with Crippen LogP contribution in [-0.4, -0.2) is 41.3 Å². The van der Waals surface area contributed by atoms with Crippen LogP contribution in [0.2, 0.25) is 0 Å². The van der Waals surface area contributed by atoms with Gasteiger partial charge >= 0.3 is 6.03 Å². The van der Waals surface area contributed by atoms with Gasteiger partial charge in [0.05, 0.1) is 12.1 Å². The summed E-state index contributed by atoms with van der Waals surface area (Å²) in [6.07, 6.45) is 5.82. The molecule has 1 saturated carbocycles. The summed E-state index contributed by atoms with van der Waals surface area (Å²) in [4.78, 5) is 13.6. The fraction of sp³-hybridized carbons (Fsp3) is 0.909. The molecule has 0 aromatic carbocycles. The molecule has 86 valence electrons. The molecule has 15 heavy (non-hydrogen) atoms. The number of amides is 2. The molecule has 1 heterocycles. The summed E-state index contributed by atoms with van der Waals surface area (Å²) >= 11 is 0. The number of hydrogen-bond acceptors (Lipinski definition) is 2. The molecule has 2 fully saturated rings. The summed E-state index contributed by atoms with van der Waals surface area (Å²) < 4.78 is 0. The third-order valence-electron chi connectivity index (χ3n) is 3.43. The first-order valence-electron chi connectivity index (χ1n) is 6.01. The zero-order chi connectivity index (χ0) is 10.7. The molecule has 0 spiro atoms. The van der Waals surface area contributed by atoms with Crippen molar-refractivity contribution in [3.63, 3.8) is 0 Å². The standard InChI is InChI=1S/C11H20N2O2/c14-10-6-2-1-5-9(10)12-11(15)13-7-3-4-8-13/h9-10,14H,1-8H2,(H,12,15). The number of carbonyl (C=O) groups is 1. The fourth-order valence-corrected chi connectivity index (χ4v) is 2.45. The van der Waals surface area contributed by atoms with Crippen molar-refractivity contribution in [2.24, 2.45) is 0 Å². The minimum atomic E-state index is -0.342. The molecule has 2 aliphatic rings. The molecule has 1 aliphatic heterocycles. The zero-order valence-corrected chi connectivity index (χ0v) is 9.11. The van der Waals surface area contributed by atoms with Gasteiger partial charge < -0.3 is 15.3 Å². The molecule has 1 aliphatic carbocycles. The minimum absolute atomic E-state index is 0.0125. The van der Waals surface area contributed by atoms with E-state index in [9.17, 15) is 9.90 Å². The van der Waals surface area contributed by atoms with Crippen molar-refractivity contribution in [2.75, 3.05) is 13.1 Å². The zero-order valence-electron chi connectivity index (χ0n) is 9.11. The second kappa shape index (κ2) is 4.84. The maximum Gasteiger partial charge on any atom is 0.317 e. The third kappa shape index (κ3) is 2.62. The Kier molecular flexibility index (Phi) is 3.46. The Morgan fingerprint density at radius 2 is 1.80 bits per heavy atom. The first-order valence-corrected chi connectivity index (χ1v) is 6.01. The maximum absolute atomic E-state index is 11.8. The summed E-state index contributed by atoms with van der Waals surface area (Å²) in [6, 6.07) is -0.00898. The average Bonchev–Trinajstić information content (AvgIpc) is 2.74. The van der Waals surface area contributed by atoms with E-state index in [1.807, 2.05) is 4.90 Å². The van der Waals surface area contributed by atoms with Crippen LogP contribution < -0.4 is 5.32 Å². The lowest BCUT2D eigenvalue weighted by Crippen LogP contribution is -2.49. The van der Waals surface area contributed by atoms with Crippen molar-refractivity contribution in [3.05, 3.63) is 0 Å². The van der Waals surface area contributed by atoms with Gasteiger partial charge in [0.2, 0.25) is 0 Å². The third-order valence-corrected chi connectivity index (χ3v) is 3.43. The Morgan fingerprint density at radius 3 is 2.47 bits per heavy atom. The van der Waals surface area contributed by atoms with Crippen LogP contribution in [0.15, 0.2) is 0 Å². The van der Waals surface area contributed by atoms with Crippen LogP contribution in [0.5, 0.6) is 0 Å². The minimum Gasteiger partial charge on any atom is -0.391 e. The van der Waals surface area contributed by atoms with E-state index >= 15 is 0 Å². The van der Waals surface area contributed by atoms with E-state index in [2.05, 4.69) is 5.32 Å². The Bertz CT molecular complexity index is 227. The van der Waals surface area contributed by atoms with Gasteiger partial charge in [0.1, 0.15) is 0 Å². The number of nitrogens with zero attached hydrogens (tertiary/aromatic N) is 1. The first-order chi connectivity index (χ1) is 7.27. The number of hydrogen-bond donors (Lipinski definition) is 2. The highest BCUT2D eigenvalue weighted by atomic mass is 16.3. The number of urea groups is 1. The molecule has 0 bridgehead atoms. The van der Waals surface area contributed by atoms with Crippen molar-refractivity contribution in [3.8, 4) is 0 Å². The topological polar surface area (TPSA) is 52.6 Å². The van der Waals surface area contributed by atoms with Gasteiger partial charge in [0.15, 0.2) is 0 Å². The summed E-state index contributed by atoms with van der Waals surface area (Å²) in [6.45, 7) is 1.74. The molecule has 0 aromatic heterocycles. The Hall–Kier alpha value is -0.770. The Balaban J connectivity index is 1.81. The number of aliphatic hydroxyl groups excluding tert-OH is 1. The monoisotopic (exact) mass is 212 g/mol. The summed E-state index contributed by atoms with van der Waals surface area (Å²) in [5, 5.41) is 12.7. The number of aliphatic hydroxyl groups is 1. The van der Waals surface area contributed by atoms with Gasteiger partial charge in [0, 0.05) is 13.1 Å². The van der Waals surface area contributed by atoms with Gasteiger partial charge in [-0.1, -0.05) is 12.8 Å². The number of nitrogens with one attached hydrogen (secondary N) is 1. The molecular formula is C11H20N2O2. The van der Waals surface area contributed by atoms with Crippen molar-refractivity contribution >= 4 is 6.03 Å². The highest BCUT2D eigenvalue weighted by Crippen LogP contribution is 2.19. The number of likely N-dealkylation sites (tertiary alicyclic amines) is 1. The molecule has 0 aromatic rings. The molecule has 2 rings (SSSR count). The highest BCUT2D eigenvalue weighted by Gasteiger charge is 2.27. The van der Waals surface area contributed by atoms with Crippen LogP contribution in [-0.2, 0) is 0 Å². The van der Waals surface area contributed by atoms with E-state index in [0.717, 1.165) is 51.6 Å². The SMILES string of the molecule is O=C(NC1CCCCC1O)N1CCCC1. The van der Waals surface area contributed by atoms with Crippen molar-refractivity contribution in [1.82, 2.24) is 10.2 Å². The molecule has 4 nitrogen and oxygen atoms in total. The summed E-state index contributed by atoms with van der Waals surface area (Å²) in [5.41, 5.74) is 0. The Labute approximate surface area is 90.6 Å². The second-order valence-corrected chi connectivity index (χ2v) is 4.60. The van der Waals surface area contributed by atoms with Crippen molar-refractivity contribution in [2.45, 2.75) is 50.7 Å². The largest absolute Gasteiger partial charge is 0.391 e. The highest BCUT2D eigenvalue weighted by molar-refractivity contribution is 5.74. The smallest absolute Gasteiger partial charge is 0.317 e. The normalized spacial score (nSPS) is 31.7. The first kappa shape index (κ1) is 10.7. The van der Waals surface area contributed by atoms with E-state index < -0.39 is 0 Å². The van der Waals surface area contributed by atoms with Crippen molar-refractivity contribution < 1.29 is 9.90 Å². The van der Waals surface area contributed by atoms with E-state index in [1.54, 1.807) is 0 Å². The van der Waals surface area contributed by atoms with E-state index in [1.165, 1.54) is 0 Å². The molecule has 0 radical (unpaired) electrons. The van der Waals surface area contributed by atoms with Gasteiger partial charge in [-0.2, -0.15) is 0 Å². The van der Waals surface area contributed by atoms with E-state index in [0.29, 0.717) is 0 Å². The molecule has 2 N–H and O–H groups in total. The van der Waals surface area contributed by atoms with Crippen LogP contribution in [0, 0.1) is 0 Å². The van der Waals surface area contributed by atoms with Crippen LogP contribution in [0.1, 0.15) is 38.5 Å². The van der Waals surface area contributed by atoms with Crippen LogP contribution in [0.25, 0.3) is 0 Å². The predicted molar refractivity (Wildman–Crippen MR) is 57.6 cm³/mol. The molecule has 2 atom stereocenters. The molecule has 1 saturated heterocycles. The Morgan fingerprint density at radius 1 is 1.13 bits per heavy atom. The van der Waals surface area contributed by atoms with Gasteiger partial charge in [-0.15, -0.1) is 0 Å². The molecule has 4 heteroatoms. The lowest BCUT2D eigenvalue weighted by atomic mass is 9.93. The summed E-state index contributed by atoms with van der Waals surface area (Å²) in [7, 11) is 0. The average molecular weight is 212 g/mol. The molecular weight excluding hydrogens is 192 g/mol. The number of rotatable bonds is 1. The van der Waals surface area contributed by atoms with Crippen LogP contribution in [0.4, 0.5) is 4.79 Å². The maximum atomic E-state index is 11.8. The summed E-state index contributed by atoms with van der Waals surface area (Å²) in [5.74, 6) is 0. The van der Waals surface area contributed by atoms with Gasteiger partial charge in [-0.05, 0) is 25.7 Å². The van der Waals surface area contributed by atoms with Crippen LogP contribution in [0.3, 0.4) is 0 Å². The van der Waals surface area contributed by atoms with E-state index in [4.69, 9.17) is 0 Å². The second-order valence-electron chi connectivity index (χ2n) is 4.60. The quantitative estimate of drug-likeness (QED) is 0.683.